The molecule has 0 radical (unpaired) electrons. The van der Waals surface area contributed by atoms with Crippen LogP contribution >= 0.6 is 0 Å². The van der Waals surface area contributed by atoms with Gasteiger partial charge in [0.05, 0.1) is 0 Å². The number of rotatable bonds is 8. The van der Waals surface area contributed by atoms with Gasteiger partial charge < -0.3 is 0 Å². The first-order valence-corrected chi connectivity index (χ1v) is 16.6. The molecule has 0 heterocycles. The first-order chi connectivity index (χ1) is 19.8. The Kier molecular flexibility index (Phi) is 7.39. The molecule has 0 saturated heterocycles. The average molecular weight is 575 g/mol. The molecule has 0 atom stereocenters. The summed E-state index contributed by atoms with van der Waals surface area (Å²) in [5.41, 5.74) is 6.28. The van der Waals surface area contributed by atoms with Crippen LogP contribution in [-0.4, -0.2) is 14.3 Å². The first-order valence-electron chi connectivity index (χ1n) is 13.7. The van der Waals surface area contributed by atoms with Crippen LogP contribution in [0.3, 0.4) is 0 Å². The van der Waals surface area contributed by atoms with E-state index in [2.05, 4.69) is 146 Å². The summed E-state index contributed by atoms with van der Waals surface area (Å²) in [4.78, 5) is 0. The fraction of sp³-hybridized carbons (Fsp3) is 0.0526. The maximum atomic E-state index is 16.5. The van der Waals surface area contributed by atoms with E-state index in [-0.39, 0.29) is 0 Å². The number of hydrogen-bond acceptors (Lipinski definition) is 1. The molecule has 0 unspecified atom stereocenters. The fourth-order valence-corrected chi connectivity index (χ4v) is 12.8. The zero-order valence-electron chi connectivity index (χ0n) is 22.2. The van der Waals surface area contributed by atoms with Crippen molar-refractivity contribution in [3.63, 3.8) is 0 Å². The molecule has 2 heteroatoms. The molecule has 0 N–H and O–H groups in total. The van der Waals surface area contributed by atoms with Gasteiger partial charge in [0, 0.05) is 0 Å². The van der Waals surface area contributed by atoms with Crippen molar-refractivity contribution < 1.29 is 3.78 Å². The third-order valence-corrected chi connectivity index (χ3v) is 14.4. The van der Waals surface area contributed by atoms with Crippen molar-refractivity contribution in [2.75, 3.05) is 0 Å². The Bertz CT molecular complexity index is 1350. The summed E-state index contributed by atoms with van der Waals surface area (Å²) in [5, 5.41) is 0. The van der Waals surface area contributed by atoms with Crippen molar-refractivity contribution >= 4 is 14.3 Å². The van der Waals surface area contributed by atoms with Gasteiger partial charge in [0.2, 0.25) is 0 Å². The van der Waals surface area contributed by atoms with Gasteiger partial charge in [-0.2, -0.15) is 0 Å². The maximum absolute atomic E-state index is 16.5. The quantitative estimate of drug-likeness (QED) is 0.131. The molecule has 0 bridgehead atoms. The van der Waals surface area contributed by atoms with E-state index in [9.17, 15) is 0 Å². The second kappa shape index (κ2) is 11.4. The SMILES string of the molecule is [O]=[Ge]([C](c1ccccc1)(c1ccccc1)c1ccccc1)[C](c1ccccc1)(c1ccccc1)c1ccccc1. The van der Waals surface area contributed by atoms with Crippen LogP contribution in [0, 0.1) is 0 Å². The summed E-state index contributed by atoms with van der Waals surface area (Å²) < 4.78 is 14.8. The Labute approximate surface area is 241 Å². The van der Waals surface area contributed by atoms with Crippen molar-refractivity contribution in [3.05, 3.63) is 215 Å². The van der Waals surface area contributed by atoms with E-state index < -0.39 is 22.8 Å². The zero-order valence-corrected chi connectivity index (χ0v) is 24.3. The second-order valence-corrected chi connectivity index (χ2v) is 14.6. The summed E-state index contributed by atoms with van der Waals surface area (Å²) in [7, 11) is 0. The van der Waals surface area contributed by atoms with Crippen molar-refractivity contribution in [3.8, 4) is 0 Å². The van der Waals surface area contributed by atoms with E-state index in [1.165, 1.54) is 0 Å². The van der Waals surface area contributed by atoms with Crippen LogP contribution in [0.15, 0.2) is 182 Å². The molecule has 0 aromatic heterocycles. The third-order valence-electron chi connectivity index (χ3n) is 7.92. The van der Waals surface area contributed by atoms with Crippen LogP contribution in [-0.2, 0) is 12.3 Å². The minimum absolute atomic E-state index is 0.856. The van der Waals surface area contributed by atoms with Crippen LogP contribution in [0.5, 0.6) is 0 Å². The van der Waals surface area contributed by atoms with E-state index in [0.29, 0.717) is 0 Å². The number of benzene rings is 6. The van der Waals surface area contributed by atoms with Crippen LogP contribution in [0.4, 0.5) is 0 Å². The Morgan fingerprint density at radius 1 is 0.275 bits per heavy atom. The van der Waals surface area contributed by atoms with Crippen LogP contribution < -0.4 is 0 Å². The van der Waals surface area contributed by atoms with Gasteiger partial charge in [-0.3, -0.25) is 0 Å². The van der Waals surface area contributed by atoms with Crippen molar-refractivity contribution in [1.29, 1.82) is 0 Å². The van der Waals surface area contributed by atoms with E-state index in [4.69, 9.17) is 0 Å². The molecule has 40 heavy (non-hydrogen) atoms. The van der Waals surface area contributed by atoms with Gasteiger partial charge in [0.1, 0.15) is 0 Å². The normalized spacial score (nSPS) is 11.6. The summed E-state index contributed by atoms with van der Waals surface area (Å²) in [6, 6.07) is 62.8. The van der Waals surface area contributed by atoms with Crippen molar-refractivity contribution in [2.24, 2.45) is 0 Å². The molecule has 0 amide bonds. The summed E-state index contributed by atoms with van der Waals surface area (Å²) in [6.45, 7) is 0. The molecule has 192 valence electrons. The van der Waals surface area contributed by atoms with Gasteiger partial charge in [-0.1, -0.05) is 0 Å². The number of hydrogen-bond donors (Lipinski definition) is 0. The van der Waals surface area contributed by atoms with Gasteiger partial charge in [-0.25, -0.2) is 0 Å². The summed E-state index contributed by atoms with van der Waals surface area (Å²) >= 11 is -3.74. The molecular formula is C38H30GeO. The Balaban J connectivity index is 1.82. The molecule has 0 aliphatic carbocycles. The van der Waals surface area contributed by atoms with E-state index in [1.807, 2.05) is 36.4 Å². The molecule has 0 aliphatic heterocycles. The van der Waals surface area contributed by atoms with E-state index in [1.54, 1.807) is 0 Å². The van der Waals surface area contributed by atoms with Gasteiger partial charge in [-0.05, 0) is 0 Å². The predicted octanol–water partition coefficient (Wildman–Crippen LogP) is 8.56. The van der Waals surface area contributed by atoms with Crippen LogP contribution in [0.25, 0.3) is 0 Å². The second-order valence-electron chi connectivity index (χ2n) is 10.0. The molecule has 6 aromatic rings. The summed E-state index contributed by atoms with van der Waals surface area (Å²) in [5.74, 6) is 0. The van der Waals surface area contributed by atoms with Gasteiger partial charge in [-0.15, -0.1) is 0 Å². The predicted molar refractivity (Wildman–Crippen MR) is 165 cm³/mol. The van der Waals surface area contributed by atoms with Gasteiger partial charge >= 0.3 is 242 Å². The molecule has 0 aliphatic rings. The Hall–Kier alpha value is -4.34. The fourth-order valence-electron chi connectivity index (χ4n) is 6.20. The van der Waals surface area contributed by atoms with Crippen LogP contribution in [0.2, 0.25) is 0 Å². The van der Waals surface area contributed by atoms with E-state index in [0.717, 1.165) is 33.4 Å². The molecule has 0 fully saturated rings. The van der Waals surface area contributed by atoms with E-state index >= 15 is 3.78 Å². The molecule has 1 nitrogen and oxygen atoms in total. The molecule has 6 aromatic carbocycles. The Morgan fingerprint density at radius 2 is 0.425 bits per heavy atom. The zero-order chi connectivity index (χ0) is 27.3. The van der Waals surface area contributed by atoms with Crippen molar-refractivity contribution in [1.82, 2.24) is 0 Å². The monoisotopic (exact) mass is 576 g/mol. The van der Waals surface area contributed by atoms with Crippen molar-refractivity contribution in [2.45, 2.75) is 8.49 Å². The molecule has 6 rings (SSSR count). The minimum atomic E-state index is -3.74. The third kappa shape index (κ3) is 4.27. The molecule has 0 saturated carbocycles. The van der Waals surface area contributed by atoms with Gasteiger partial charge in [0.25, 0.3) is 0 Å². The molecule has 0 spiro atoms. The average Bonchev–Trinajstić information content (AvgIpc) is 3.05. The van der Waals surface area contributed by atoms with Crippen LogP contribution in [0.1, 0.15) is 33.4 Å². The van der Waals surface area contributed by atoms with Gasteiger partial charge in [0.15, 0.2) is 0 Å². The first kappa shape index (κ1) is 25.9. The molecular weight excluding hydrogens is 545 g/mol. The Morgan fingerprint density at radius 3 is 0.575 bits per heavy atom. The summed E-state index contributed by atoms with van der Waals surface area (Å²) in [6.07, 6.45) is 0. The standard InChI is InChI=1S/C38H30GeO/c40-39(37(31-19-7-1-8-20-31,32-21-9-2-10-22-32)33-23-11-3-12-24-33)38(34-25-13-4-14-26-34,35-27-15-5-16-28-35)36-29-17-6-18-30-36/h1-30H. The topological polar surface area (TPSA) is 17.1 Å².